The molecule has 4 heteroatoms. The molecule has 1 unspecified atom stereocenters. The summed E-state index contributed by atoms with van der Waals surface area (Å²) in [7, 11) is 1.58. The first-order valence-corrected chi connectivity index (χ1v) is 5.16. The molecule has 0 heterocycles. The Morgan fingerprint density at radius 1 is 1.47 bits per heavy atom. The predicted molar refractivity (Wildman–Crippen MR) is 59.4 cm³/mol. The molecule has 15 heavy (non-hydrogen) atoms. The van der Waals surface area contributed by atoms with Crippen molar-refractivity contribution in [1.82, 2.24) is 0 Å². The molecule has 2 N–H and O–H groups in total. The number of benzene rings is 1. The van der Waals surface area contributed by atoms with E-state index in [0.717, 1.165) is 5.56 Å². The Morgan fingerprint density at radius 2 is 2.20 bits per heavy atom. The minimum atomic E-state index is -0.678. The lowest BCUT2D eigenvalue weighted by Crippen LogP contribution is -2.12. The van der Waals surface area contributed by atoms with E-state index >= 15 is 0 Å². The molecule has 0 amide bonds. The van der Waals surface area contributed by atoms with Crippen LogP contribution in [-0.4, -0.2) is 30.0 Å². The lowest BCUT2D eigenvalue weighted by atomic mass is 10.1. The van der Waals surface area contributed by atoms with Crippen LogP contribution >= 0.6 is 11.6 Å². The summed E-state index contributed by atoms with van der Waals surface area (Å²) in [4.78, 5) is 0. The Morgan fingerprint density at radius 3 is 2.73 bits per heavy atom. The number of hydrogen-bond donors (Lipinski definition) is 2. The molecule has 0 aliphatic heterocycles. The quantitative estimate of drug-likeness (QED) is 0.809. The van der Waals surface area contributed by atoms with Crippen LogP contribution in [0.15, 0.2) is 18.2 Å². The van der Waals surface area contributed by atoms with Gasteiger partial charge >= 0.3 is 0 Å². The molecular weight excluding hydrogens is 216 g/mol. The number of methoxy groups -OCH3 is 1. The highest BCUT2D eigenvalue weighted by Gasteiger charge is 2.06. The fourth-order valence-electron chi connectivity index (χ4n) is 1.27. The molecule has 0 aliphatic carbocycles. The first kappa shape index (κ1) is 12.3. The summed E-state index contributed by atoms with van der Waals surface area (Å²) in [5, 5.41) is 18.5. The minimum Gasteiger partial charge on any atom is -0.497 e. The van der Waals surface area contributed by atoms with Gasteiger partial charge in [-0.25, -0.2) is 0 Å². The Hall–Kier alpha value is -0.770. The second-order valence-corrected chi connectivity index (χ2v) is 3.74. The van der Waals surface area contributed by atoms with Gasteiger partial charge in [-0.3, -0.25) is 0 Å². The second kappa shape index (κ2) is 5.95. The van der Waals surface area contributed by atoms with Crippen molar-refractivity contribution < 1.29 is 14.9 Å². The van der Waals surface area contributed by atoms with Gasteiger partial charge in [0.2, 0.25) is 0 Å². The lowest BCUT2D eigenvalue weighted by molar-refractivity contribution is 0.0886. The molecule has 84 valence electrons. The molecule has 0 fully saturated rings. The van der Waals surface area contributed by atoms with Crippen molar-refractivity contribution in [1.29, 1.82) is 0 Å². The number of rotatable bonds is 5. The average molecular weight is 231 g/mol. The van der Waals surface area contributed by atoms with E-state index in [1.165, 1.54) is 0 Å². The van der Waals surface area contributed by atoms with Crippen molar-refractivity contribution in [2.45, 2.75) is 18.9 Å². The molecule has 1 atom stereocenters. The third-order valence-electron chi connectivity index (χ3n) is 2.22. The van der Waals surface area contributed by atoms with Crippen molar-refractivity contribution in [3.8, 4) is 5.75 Å². The molecule has 0 radical (unpaired) electrons. The summed E-state index contributed by atoms with van der Waals surface area (Å²) >= 11 is 6.01. The van der Waals surface area contributed by atoms with Crippen molar-refractivity contribution >= 4 is 11.6 Å². The molecule has 3 nitrogen and oxygen atoms in total. The van der Waals surface area contributed by atoms with Crippen LogP contribution < -0.4 is 4.74 Å². The van der Waals surface area contributed by atoms with Gasteiger partial charge in [0.05, 0.1) is 19.8 Å². The van der Waals surface area contributed by atoms with E-state index in [1.807, 2.05) is 12.1 Å². The highest BCUT2D eigenvalue weighted by atomic mass is 35.5. The van der Waals surface area contributed by atoms with Gasteiger partial charge in [0.25, 0.3) is 0 Å². The SMILES string of the molecule is COc1ccc(CCC(O)CO)c(Cl)c1. The zero-order valence-corrected chi connectivity index (χ0v) is 9.37. The molecule has 0 bridgehead atoms. The Kier molecular flexibility index (Phi) is 4.88. The molecular formula is C11H15ClO3. The van der Waals surface area contributed by atoms with Gasteiger partial charge in [0.15, 0.2) is 0 Å². The third-order valence-corrected chi connectivity index (χ3v) is 2.57. The van der Waals surface area contributed by atoms with Crippen LogP contribution in [0.4, 0.5) is 0 Å². The molecule has 1 rings (SSSR count). The fraction of sp³-hybridized carbons (Fsp3) is 0.455. The van der Waals surface area contributed by atoms with Gasteiger partial charge in [-0.1, -0.05) is 17.7 Å². The van der Waals surface area contributed by atoms with Crippen molar-refractivity contribution in [2.24, 2.45) is 0 Å². The number of halogens is 1. The minimum absolute atomic E-state index is 0.215. The second-order valence-electron chi connectivity index (χ2n) is 3.33. The molecule has 0 spiro atoms. The smallest absolute Gasteiger partial charge is 0.120 e. The summed E-state index contributed by atoms with van der Waals surface area (Å²) < 4.78 is 5.02. The van der Waals surface area contributed by atoms with Crippen LogP contribution in [-0.2, 0) is 6.42 Å². The maximum absolute atomic E-state index is 9.19. The largest absolute Gasteiger partial charge is 0.497 e. The lowest BCUT2D eigenvalue weighted by Gasteiger charge is -2.09. The molecule has 1 aromatic carbocycles. The molecule has 0 aliphatic rings. The number of aryl methyl sites for hydroxylation is 1. The van der Waals surface area contributed by atoms with Crippen LogP contribution in [0.3, 0.4) is 0 Å². The highest BCUT2D eigenvalue weighted by molar-refractivity contribution is 6.31. The van der Waals surface area contributed by atoms with Gasteiger partial charge in [0, 0.05) is 5.02 Å². The monoisotopic (exact) mass is 230 g/mol. The van der Waals surface area contributed by atoms with E-state index in [0.29, 0.717) is 23.6 Å². The number of ether oxygens (including phenoxy) is 1. The number of hydrogen-bond acceptors (Lipinski definition) is 3. The van der Waals surface area contributed by atoms with Crippen LogP contribution in [0, 0.1) is 0 Å². The predicted octanol–water partition coefficient (Wildman–Crippen LogP) is 1.63. The van der Waals surface area contributed by atoms with E-state index < -0.39 is 6.10 Å². The Balaban J connectivity index is 2.62. The molecule has 0 aromatic heterocycles. The topological polar surface area (TPSA) is 49.7 Å². The summed E-state index contributed by atoms with van der Waals surface area (Å²) in [5.74, 6) is 0.714. The first-order chi connectivity index (χ1) is 7.17. The fourth-order valence-corrected chi connectivity index (χ4v) is 1.54. The van der Waals surface area contributed by atoms with Crippen molar-refractivity contribution in [3.63, 3.8) is 0 Å². The van der Waals surface area contributed by atoms with Gasteiger partial charge in [-0.2, -0.15) is 0 Å². The van der Waals surface area contributed by atoms with E-state index in [2.05, 4.69) is 0 Å². The van der Waals surface area contributed by atoms with E-state index in [-0.39, 0.29) is 6.61 Å². The number of aliphatic hydroxyl groups is 2. The van der Waals surface area contributed by atoms with Crippen LogP contribution in [0.25, 0.3) is 0 Å². The van der Waals surface area contributed by atoms with Crippen molar-refractivity contribution in [2.75, 3.05) is 13.7 Å². The van der Waals surface area contributed by atoms with Gasteiger partial charge in [-0.05, 0) is 30.5 Å². The van der Waals surface area contributed by atoms with Crippen LogP contribution in [0.1, 0.15) is 12.0 Å². The Bertz CT molecular complexity index is 315. The van der Waals surface area contributed by atoms with Gasteiger partial charge in [0.1, 0.15) is 5.75 Å². The van der Waals surface area contributed by atoms with Crippen LogP contribution in [0.2, 0.25) is 5.02 Å². The molecule has 0 saturated carbocycles. The van der Waals surface area contributed by atoms with E-state index in [4.69, 9.17) is 21.4 Å². The summed E-state index contributed by atoms with van der Waals surface area (Å²) in [5.41, 5.74) is 0.949. The van der Waals surface area contributed by atoms with Gasteiger partial charge in [-0.15, -0.1) is 0 Å². The Labute approximate surface area is 94.3 Å². The summed E-state index contributed by atoms with van der Waals surface area (Å²) in [6, 6.07) is 5.43. The zero-order valence-electron chi connectivity index (χ0n) is 8.61. The maximum atomic E-state index is 9.19. The number of aliphatic hydroxyl groups excluding tert-OH is 2. The zero-order chi connectivity index (χ0) is 11.3. The van der Waals surface area contributed by atoms with E-state index in [1.54, 1.807) is 13.2 Å². The standard InChI is InChI=1S/C11H15ClO3/c1-15-10-5-3-8(11(12)6-10)2-4-9(14)7-13/h3,5-6,9,13-14H,2,4,7H2,1H3. The maximum Gasteiger partial charge on any atom is 0.120 e. The highest BCUT2D eigenvalue weighted by Crippen LogP contribution is 2.23. The van der Waals surface area contributed by atoms with Gasteiger partial charge < -0.3 is 14.9 Å². The first-order valence-electron chi connectivity index (χ1n) is 4.78. The normalized spacial score (nSPS) is 12.5. The van der Waals surface area contributed by atoms with Crippen LogP contribution in [0.5, 0.6) is 5.75 Å². The summed E-state index contributed by atoms with van der Waals surface area (Å²) in [6.45, 7) is -0.215. The van der Waals surface area contributed by atoms with E-state index in [9.17, 15) is 5.11 Å². The third kappa shape index (κ3) is 3.70. The molecule has 1 aromatic rings. The average Bonchev–Trinajstić information content (AvgIpc) is 2.26. The van der Waals surface area contributed by atoms with Crippen molar-refractivity contribution in [3.05, 3.63) is 28.8 Å². The summed E-state index contributed by atoms with van der Waals surface area (Å²) in [6.07, 6.45) is 0.468. The molecule has 0 saturated heterocycles.